The molecule has 2 N–H and O–H groups in total. The molecule has 0 bridgehead atoms. The molecule has 2 aromatic carbocycles. The number of nitrogens with one attached hydrogen (secondary N) is 2. The molecule has 3 rings (SSSR count). The molecule has 4 nitrogen and oxygen atoms in total. The Bertz CT molecular complexity index is 817. The molecule has 0 aliphatic carbocycles. The van der Waals surface area contributed by atoms with Crippen molar-refractivity contribution < 1.29 is 22.4 Å². The highest BCUT2D eigenvalue weighted by atomic mass is 19.4. The fraction of sp³-hybridized carbons (Fsp3) is 0.350. The SMILES string of the molecule is O=C(Nc1cccc(C(F)(F)F)c1)NC1CCN(Cc2ccccc2F)CC1. The zero-order valence-corrected chi connectivity index (χ0v) is 15.1. The van der Waals surface area contributed by atoms with Crippen molar-refractivity contribution in [3.05, 3.63) is 65.5 Å². The highest BCUT2D eigenvalue weighted by Gasteiger charge is 2.30. The maximum atomic E-state index is 13.7. The summed E-state index contributed by atoms with van der Waals surface area (Å²) in [4.78, 5) is 14.2. The van der Waals surface area contributed by atoms with Crippen molar-refractivity contribution in [3.63, 3.8) is 0 Å². The van der Waals surface area contributed by atoms with Gasteiger partial charge >= 0.3 is 12.2 Å². The standard InChI is InChI=1S/C20H21F4N3O/c21-18-7-2-1-4-14(18)13-27-10-8-16(9-11-27)25-19(28)26-17-6-3-5-15(12-17)20(22,23)24/h1-7,12,16H,8-11,13H2,(H2,25,26,28). The van der Waals surface area contributed by atoms with Crippen molar-refractivity contribution in [1.82, 2.24) is 10.2 Å². The van der Waals surface area contributed by atoms with Crippen LogP contribution in [0.25, 0.3) is 0 Å². The molecule has 1 aliphatic rings. The molecule has 0 radical (unpaired) electrons. The van der Waals surface area contributed by atoms with Crippen LogP contribution in [-0.2, 0) is 12.7 Å². The van der Waals surface area contributed by atoms with E-state index in [0.717, 1.165) is 12.1 Å². The molecule has 150 valence electrons. The Morgan fingerprint density at radius 1 is 1.07 bits per heavy atom. The molecule has 0 atom stereocenters. The predicted molar refractivity (Wildman–Crippen MR) is 98.3 cm³/mol. The summed E-state index contributed by atoms with van der Waals surface area (Å²) in [7, 11) is 0. The Morgan fingerprint density at radius 3 is 2.46 bits per heavy atom. The number of halogens is 4. The molecule has 0 saturated carbocycles. The zero-order valence-electron chi connectivity index (χ0n) is 15.1. The number of benzene rings is 2. The van der Waals surface area contributed by atoms with Crippen LogP contribution in [-0.4, -0.2) is 30.1 Å². The number of anilines is 1. The number of carbonyl (C=O) groups is 1. The molecule has 1 heterocycles. The van der Waals surface area contributed by atoms with Crippen molar-refractivity contribution in [2.45, 2.75) is 31.6 Å². The second kappa shape index (κ2) is 8.60. The van der Waals surface area contributed by atoms with E-state index < -0.39 is 17.8 Å². The van der Waals surface area contributed by atoms with Gasteiger partial charge < -0.3 is 10.6 Å². The third-order valence-corrected chi connectivity index (χ3v) is 4.72. The molecular weight excluding hydrogens is 374 g/mol. The lowest BCUT2D eigenvalue weighted by molar-refractivity contribution is -0.137. The molecule has 0 spiro atoms. The first-order valence-corrected chi connectivity index (χ1v) is 9.02. The molecule has 0 aromatic heterocycles. The van der Waals surface area contributed by atoms with Gasteiger partial charge in [-0.3, -0.25) is 4.90 Å². The molecular formula is C20H21F4N3O. The molecule has 28 heavy (non-hydrogen) atoms. The molecule has 2 amide bonds. The Labute approximate surface area is 160 Å². The van der Waals surface area contributed by atoms with E-state index >= 15 is 0 Å². The summed E-state index contributed by atoms with van der Waals surface area (Å²) < 4.78 is 52.0. The lowest BCUT2D eigenvalue weighted by Gasteiger charge is -2.32. The van der Waals surface area contributed by atoms with Crippen LogP contribution in [0.3, 0.4) is 0 Å². The summed E-state index contributed by atoms with van der Waals surface area (Å²) in [5, 5.41) is 5.24. The minimum Gasteiger partial charge on any atom is -0.335 e. The Hall–Kier alpha value is -2.61. The van der Waals surface area contributed by atoms with E-state index in [-0.39, 0.29) is 17.5 Å². The Kier molecular flexibility index (Phi) is 6.18. The van der Waals surface area contributed by atoms with Gasteiger partial charge in [-0.15, -0.1) is 0 Å². The number of amides is 2. The molecule has 1 fully saturated rings. The van der Waals surface area contributed by atoms with Crippen LogP contribution in [0.15, 0.2) is 48.5 Å². The van der Waals surface area contributed by atoms with Crippen LogP contribution < -0.4 is 10.6 Å². The van der Waals surface area contributed by atoms with Gasteiger partial charge in [-0.25, -0.2) is 9.18 Å². The summed E-state index contributed by atoms with van der Waals surface area (Å²) in [5.74, 6) is -0.233. The number of hydrogen-bond donors (Lipinski definition) is 2. The van der Waals surface area contributed by atoms with Gasteiger partial charge in [-0.1, -0.05) is 24.3 Å². The number of hydrogen-bond acceptors (Lipinski definition) is 2. The minimum atomic E-state index is -4.46. The Balaban J connectivity index is 1.47. The molecule has 1 aliphatic heterocycles. The predicted octanol–water partition coefficient (Wildman–Crippen LogP) is 4.63. The van der Waals surface area contributed by atoms with Crippen LogP contribution in [0, 0.1) is 5.82 Å². The van der Waals surface area contributed by atoms with Crippen molar-refractivity contribution >= 4 is 11.7 Å². The van der Waals surface area contributed by atoms with E-state index in [1.165, 1.54) is 18.2 Å². The lowest BCUT2D eigenvalue weighted by atomic mass is 10.0. The molecule has 8 heteroatoms. The maximum Gasteiger partial charge on any atom is 0.416 e. The topological polar surface area (TPSA) is 44.4 Å². The number of rotatable bonds is 4. The monoisotopic (exact) mass is 395 g/mol. The van der Waals surface area contributed by atoms with Crippen molar-refractivity contribution in [1.29, 1.82) is 0 Å². The van der Waals surface area contributed by atoms with Gasteiger partial charge in [-0.05, 0) is 37.1 Å². The largest absolute Gasteiger partial charge is 0.416 e. The zero-order chi connectivity index (χ0) is 20.1. The second-order valence-electron chi connectivity index (χ2n) is 6.82. The summed E-state index contributed by atoms with van der Waals surface area (Å²) in [6.45, 7) is 1.90. The van der Waals surface area contributed by atoms with E-state index in [4.69, 9.17) is 0 Å². The van der Waals surface area contributed by atoms with Crippen molar-refractivity contribution in [3.8, 4) is 0 Å². The van der Waals surface area contributed by atoms with Crippen LogP contribution in [0.2, 0.25) is 0 Å². The normalized spacial score (nSPS) is 16.0. The fourth-order valence-corrected chi connectivity index (χ4v) is 3.23. The number of piperidine rings is 1. The third-order valence-electron chi connectivity index (χ3n) is 4.72. The van der Waals surface area contributed by atoms with Crippen molar-refractivity contribution in [2.75, 3.05) is 18.4 Å². The highest BCUT2D eigenvalue weighted by Crippen LogP contribution is 2.30. The number of urea groups is 1. The van der Waals surface area contributed by atoms with Gasteiger partial charge in [0.1, 0.15) is 5.82 Å². The van der Waals surface area contributed by atoms with Crippen LogP contribution in [0.4, 0.5) is 28.0 Å². The Morgan fingerprint density at radius 2 is 1.79 bits per heavy atom. The van der Waals surface area contributed by atoms with Gasteiger partial charge in [0.2, 0.25) is 0 Å². The smallest absolute Gasteiger partial charge is 0.335 e. The number of alkyl halides is 3. The second-order valence-corrected chi connectivity index (χ2v) is 6.82. The minimum absolute atomic E-state index is 0.0809. The fourth-order valence-electron chi connectivity index (χ4n) is 3.23. The first-order valence-electron chi connectivity index (χ1n) is 9.02. The quantitative estimate of drug-likeness (QED) is 0.742. The van der Waals surface area contributed by atoms with Crippen molar-refractivity contribution in [2.24, 2.45) is 0 Å². The van der Waals surface area contributed by atoms with Crippen LogP contribution in [0.1, 0.15) is 24.0 Å². The molecule has 0 unspecified atom stereocenters. The van der Waals surface area contributed by atoms with Gasteiger partial charge in [0, 0.05) is 36.9 Å². The van der Waals surface area contributed by atoms with E-state index in [0.29, 0.717) is 38.0 Å². The molecule has 1 saturated heterocycles. The van der Waals surface area contributed by atoms with E-state index in [1.807, 2.05) is 0 Å². The van der Waals surface area contributed by atoms with E-state index in [1.54, 1.807) is 18.2 Å². The van der Waals surface area contributed by atoms with E-state index in [2.05, 4.69) is 15.5 Å². The molecule has 2 aromatic rings. The van der Waals surface area contributed by atoms with E-state index in [9.17, 15) is 22.4 Å². The highest BCUT2D eigenvalue weighted by molar-refractivity contribution is 5.89. The maximum absolute atomic E-state index is 13.7. The number of carbonyl (C=O) groups excluding carboxylic acids is 1. The average Bonchev–Trinajstić information content (AvgIpc) is 2.65. The van der Waals surface area contributed by atoms with Crippen LogP contribution >= 0.6 is 0 Å². The van der Waals surface area contributed by atoms with Gasteiger partial charge in [0.05, 0.1) is 5.56 Å². The van der Waals surface area contributed by atoms with Crippen LogP contribution in [0.5, 0.6) is 0 Å². The lowest BCUT2D eigenvalue weighted by Crippen LogP contribution is -2.45. The summed E-state index contributed by atoms with van der Waals surface area (Å²) in [6.07, 6.45) is -3.09. The number of likely N-dealkylation sites (tertiary alicyclic amines) is 1. The third kappa shape index (κ3) is 5.45. The van der Waals surface area contributed by atoms with Gasteiger partial charge in [-0.2, -0.15) is 13.2 Å². The first-order chi connectivity index (χ1) is 13.3. The summed E-state index contributed by atoms with van der Waals surface area (Å²) >= 11 is 0. The number of nitrogens with zero attached hydrogens (tertiary/aromatic N) is 1. The summed E-state index contributed by atoms with van der Waals surface area (Å²) in [6, 6.07) is 10.5. The average molecular weight is 395 g/mol. The summed E-state index contributed by atoms with van der Waals surface area (Å²) in [5.41, 5.74) is -0.0905. The van der Waals surface area contributed by atoms with Gasteiger partial charge in [0.15, 0.2) is 0 Å². The van der Waals surface area contributed by atoms with Gasteiger partial charge in [0.25, 0.3) is 0 Å². The first kappa shape index (κ1) is 20.1.